The number of piperidine rings is 1. The van der Waals surface area contributed by atoms with Gasteiger partial charge < -0.3 is 14.5 Å². The number of hydrogen-bond donors (Lipinski definition) is 0. The van der Waals surface area contributed by atoms with Crippen LogP contribution in [-0.4, -0.2) is 45.3 Å². The molecule has 6 heteroatoms. The lowest BCUT2D eigenvalue weighted by Gasteiger charge is -2.38. The number of aromatic nitrogens is 1. The molecule has 1 aliphatic heterocycles. The number of ether oxygens (including phenoxy) is 1. The summed E-state index contributed by atoms with van der Waals surface area (Å²) < 4.78 is 5.80. The zero-order chi connectivity index (χ0) is 25.5. The molecule has 3 aromatic rings. The predicted octanol–water partition coefficient (Wildman–Crippen LogP) is 5.40. The van der Waals surface area contributed by atoms with Crippen molar-refractivity contribution in [1.82, 2.24) is 14.8 Å². The molecule has 36 heavy (non-hydrogen) atoms. The molecule has 0 N–H and O–H groups in total. The van der Waals surface area contributed by atoms with Crippen molar-refractivity contribution in [3.05, 3.63) is 95.3 Å². The molecule has 0 radical (unpaired) electrons. The van der Waals surface area contributed by atoms with Gasteiger partial charge in [0, 0.05) is 43.1 Å². The molecule has 2 atom stereocenters. The summed E-state index contributed by atoms with van der Waals surface area (Å²) in [6.07, 6.45) is 6.74. The summed E-state index contributed by atoms with van der Waals surface area (Å²) in [6, 6.07) is 19.5. The highest BCUT2D eigenvalue weighted by Gasteiger charge is 2.29. The van der Waals surface area contributed by atoms with E-state index in [0.29, 0.717) is 24.4 Å². The maximum absolute atomic E-state index is 13.5. The van der Waals surface area contributed by atoms with Gasteiger partial charge in [0.2, 0.25) is 0 Å². The lowest BCUT2D eigenvalue weighted by molar-refractivity contribution is -0.139. The van der Waals surface area contributed by atoms with E-state index in [9.17, 15) is 9.59 Å². The molecule has 0 bridgehead atoms. The van der Waals surface area contributed by atoms with Crippen molar-refractivity contribution in [1.29, 1.82) is 0 Å². The fourth-order valence-corrected chi connectivity index (χ4v) is 4.91. The summed E-state index contributed by atoms with van der Waals surface area (Å²) in [5.74, 6) is 0.520. The van der Waals surface area contributed by atoms with Gasteiger partial charge in [0.05, 0.1) is 0 Å². The van der Waals surface area contributed by atoms with Gasteiger partial charge in [0.15, 0.2) is 6.61 Å². The minimum Gasteiger partial charge on any atom is -0.484 e. The Kier molecular flexibility index (Phi) is 8.36. The summed E-state index contributed by atoms with van der Waals surface area (Å²) in [5.41, 5.74) is 3.80. The van der Waals surface area contributed by atoms with Crippen molar-refractivity contribution in [2.75, 3.05) is 6.61 Å². The standard InChI is InChI=1S/C30H35N3O3/c1-22-8-4-5-12-27(22)20-32(19-25-11-7-17-31-18-25)30(35)26-13-15-28(16-14-26)36-21-29(34)33-23(2)9-6-10-24(33)3/h4-5,7-8,11-18,23-24H,6,9-10,19-21H2,1-3H3. The number of pyridine rings is 1. The second-order valence-electron chi connectivity index (χ2n) is 9.69. The summed E-state index contributed by atoms with van der Waals surface area (Å²) in [7, 11) is 0. The maximum atomic E-state index is 13.5. The molecule has 2 amide bonds. The molecule has 2 aromatic carbocycles. The third-order valence-corrected chi connectivity index (χ3v) is 6.95. The Morgan fingerprint density at radius 2 is 1.69 bits per heavy atom. The second-order valence-corrected chi connectivity index (χ2v) is 9.69. The Morgan fingerprint density at radius 3 is 2.36 bits per heavy atom. The van der Waals surface area contributed by atoms with E-state index < -0.39 is 0 Å². The van der Waals surface area contributed by atoms with Gasteiger partial charge >= 0.3 is 0 Å². The highest BCUT2D eigenvalue weighted by molar-refractivity contribution is 5.94. The van der Waals surface area contributed by atoms with E-state index in [4.69, 9.17) is 4.74 Å². The van der Waals surface area contributed by atoms with Crippen molar-refractivity contribution in [3.63, 3.8) is 0 Å². The Morgan fingerprint density at radius 1 is 0.972 bits per heavy atom. The lowest BCUT2D eigenvalue weighted by atomic mass is 9.97. The highest BCUT2D eigenvalue weighted by atomic mass is 16.5. The first-order valence-electron chi connectivity index (χ1n) is 12.7. The molecule has 1 fully saturated rings. The van der Waals surface area contributed by atoms with Crippen LogP contribution in [0.5, 0.6) is 5.75 Å². The van der Waals surface area contributed by atoms with Crippen molar-refractivity contribution < 1.29 is 14.3 Å². The molecule has 1 aliphatic rings. The minimum absolute atomic E-state index is 0.00237. The van der Waals surface area contributed by atoms with Crippen LogP contribution in [-0.2, 0) is 17.9 Å². The van der Waals surface area contributed by atoms with Crippen LogP contribution >= 0.6 is 0 Å². The molecule has 2 unspecified atom stereocenters. The predicted molar refractivity (Wildman–Crippen MR) is 141 cm³/mol. The van der Waals surface area contributed by atoms with Crippen LogP contribution in [0.1, 0.15) is 60.2 Å². The van der Waals surface area contributed by atoms with E-state index in [1.165, 1.54) is 0 Å². The quantitative estimate of drug-likeness (QED) is 0.429. The largest absolute Gasteiger partial charge is 0.484 e. The van der Waals surface area contributed by atoms with Gasteiger partial charge in [-0.1, -0.05) is 30.3 Å². The normalized spacial score (nSPS) is 17.5. The number of amides is 2. The van der Waals surface area contributed by atoms with E-state index in [-0.39, 0.29) is 30.5 Å². The third-order valence-electron chi connectivity index (χ3n) is 6.95. The Hall–Kier alpha value is -3.67. The molecule has 2 heterocycles. The number of rotatable bonds is 8. The Balaban J connectivity index is 1.44. The average Bonchev–Trinajstić information content (AvgIpc) is 2.89. The topological polar surface area (TPSA) is 62.7 Å². The third kappa shape index (κ3) is 6.30. The molecular weight excluding hydrogens is 450 g/mol. The molecule has 1 saturated heterocycles. The van der Waals surface area contributed by atoms with Gasteiger partial charge in [-0.15, -0.1) is 0 Å². The molecule has 1 aromatic heterocycles. The molecule has 4 rings (SSSR count). The summed E-state index contributed by atoms with van der Waals surface area (Å²) in [4.78, 5) is 34.3. The zero-order valence-electron chi connectivity index (χ0n) is 21.4. The van der Waals surface area contributed by atoms with Crippen molar-refractivity contribution in [3.8, 4) is 5.75 Å². The average molecular weight is 486 g/mol. The second kappa shape index (κ2) is 11.8. The molecule has 0 saturated carbocycles. The van der Waals surface area contributed by atoms with Gasteiger partial charge in [-0.3, -0.25) is 14.6 Å². The summed E-state index contributed by atoms with van der Waals surface area (Å²) in [5, 5.41) is 0. The number of hydrogen-bond acceptors (Lipinski definition) is 4. The van der Waals surface area contributed by atoms with Gasteiger partial charge in [0.25, 0.3) is 11.8 Å². The van der Waals surface area contributed by atoms with Gasteiger partial charge in [-0.25, -0.2) is 0 Å². The highest BCUT2D eigenvalue weighted by Crippen LogP contribution is 2.23. The van der Waals surface area contributed by atoms with Crippen molar-refractivity contribution >= 4 is 11.8 Å². The first-order chi connectivity index (χ1) is 17.4. The molecular formula is C30H35N3O3. The van der Waals surface area contributed by atoms with Crippen LogP contribution in [0.3, 0.4) is 0 Å². The van der Waals surface area contributed by atoms with Crippen LogP contribution < -0.4 is 4.74 Å². The fourth-order valence-electron chi connectivity index (χ4n) is 4.91. The van der Waals surface area contributed by atoms with Crippen LogP contribution in [0, 0.1) is 6.92 Å². The zero-order valence-corrected chi connectivity index (χ0v) is 21.4. The monoisotopic (exact) mass is 485 g/mol. The van der Waals surface area contributed by atoms with Crippen molar-refractivity contribution in [2.45, 2.75) is 65.2 Å². The molecule has 0 aliphatic carbocycles. The smallest absolute Gasteiger partial charge is 0.260 e. The van der Waals surface area contributed by atoms with Crippen LogP contribution in [0.25, 0.3) is 0 Å². The van der Waals surface area contributed by atoms with Gasteiger partial charge in [-0.2, -0.15) is 0 Å². The number of carbonyl (C=O) groups excluding carboxylic acids is 2. The van der Waals surface area contributed by atoms with Crippen LogP contribution in [0.15, 0.2) is 73.1 Å². The maximum Gasteiger partial charge on any atom is 0.260 e. The number of benzene rings is 2. The first kappa shape index (κ1) is 25.4. The first-order valence-corrected chi connectivity index (χ1v) is 12.7. The van der Waals surface area contributed by atoms with Crippen LogP contribution in [0.4, 0.5) is 0 Å². The molecule has 6 nitrogen and oxygen atoms in total. The van der Waals surface area contributed by atoms with Crippen LogP contribution in [0.2, 0.25) is 0 Å². The van der Waals surface area contributed by atoms with E-state index in [1.807, 2.05) is 34.1 Å². The number of aryl methyl sites for hydroxylation is 1. The van der Waals surface area contributed by atoms with E-state index in [2.05, 4.69) is 37.9 Å². The number of carbonyl (C=O) groups is 2. The van der Waals surface area contributed by atoms with Crippen molar-refractivity contribution in [2.24, 2.45) is 0 Å². The number of likely N-dealkylation sites (tertiary alicyclic amines) is 1. The summed E-state index contributed by atoms with van der Waals surface area (Å²) in [6.45, 7) is 7.22. The van der Waals surface area contributed by atoms with Gasteiger partial charge in [-0.05, 0) is 87.1 Å². The fraction of sp³-hybridized carbons (Fsp3) is 0.367. The summed E-state index contributed by atoms with van der Waals surface area (Å²) >= 11 is 0. The SMILES string of the molecule is Cc1ccccc1CN(Cc1cccnc1)C(=O)c1ccc(OCC(=O)N2C(C)CCCC2C)cc1. The number of nitrogens with zero attached hydrogens (tertiary/aromatic N) is 3. The van der Waals surface area contributed by atoms with E-state index in [1.54, 1.807) is 36.7 Å². The van der Waals surface area contributed by atoms with E-state index in [0.717, 1.165) is 36.0 Å². The lowest BCUT2D eigenvalue weighted by Crippen LogP contribution is -2.49. The Bertz CT molecular complexity index is 1150. The minimum atomic E-state index is -0.0688. The molecule has 0 spiro atoms. The Labute approximate surface area is 213 Å². The molecule has 188 valence electrons. The van der Waals surface area contributed by atoms with Gasteiger partial charge in [0.1, 0.15) is 5.75 Å². The van der Waals surface area contributed by atoms with E-state index >= 15 is 0 Å².